The van der Waals surface area contributed by atoms with Gasteiger partial charge in [0.25, 0.3) is 0 Å². The molecule has 0 spiro atoms. The molecule has 0 bridgehead atoms. The maximum atomic E-state index is 4.56. The smallest absolute Gasteiger partial charge is 0.126 e. The Morgan fingerprint density at radius 3 is 2.39 bits per heavy atom. The third-order valence-electron chi connectivity index (χ3n) is 3.38. The van der Waals surface area contributed by atoms with Gasteiger partial charge in [0.05, 0.1) is 6.04 Å². The van der Waals surface area contributed by atoms with E-state index < -0.39 is 0 Å². The second-order valence-corrected chi connectivity index (χ2v) is 8.40. The van der Waals surface area contributed by atoms with E-state index in [9.17, 15) is 0 Å². The number of aryl methyl sites for hydroxylation is 1. The maximum absolute atomic E-state index is 4.56. The molecule has 0 aliphatic rings. The molecule has 1 aromatic rings. The van der Waals surface area contributed by atoms with Gasteiger partial charge in [-0.15, -0.1) is 6.58 Å². The van der Waals surface area contributed by atoms with E-state index in [1.54, 1.807) is 11.9 Å². The summed E-state index contributed by atoms with van der Waals surface area (Å²) in [6.45, 7) is 18.5. The minimum atomic E-state index is 0.197. The van der Waals surface area contributed by atoms with E-state index in [4.69, 9.17) is 0 Å². The maximum Gasteiger partial charge on any atom is 0.126 e. The standard InChI is InChI=1S/C15H27N3S.C4H8/c1-8-11(2)9-13(17-19-15(4,5)6)14-16-10-12(3)18(14)7;1-3-4-2/h8,10,13,17H,9H2,1-7H3;3H,1,4H2,2H3/b11-8+;. The molecule has 1 N–H and O–H groups in total. The zero-order chi connectivity index (χ0) is 18.0. The molecule has 132 valence electrons. The summed E-state index contributed by atoms with van der Waals surface area (Å²) < 4.78 is 5.96. The van der Waals surface area contributed by atoms with Gasteiger partial charge in [-0.2, -0.15) is 0 Å². The van der Waals surface area contributed by atoms with Crippen LogP contribution in [0.15, 0.2) is 30.5 Å². The van der Waals surface area contributed by atoms with E-state index in [0.717, 1.165) is 18.7 Å². The molecule has 1 aromatic heterocycles. The van der Waals surface area contributed by atoms with Crippen LogP contribution in [-0.4, -0.2) is 14.3 Å². The predicted molar refractivity (Wildman–Crippen MR) is 106 cm³/mol. The van der Waals surface area contributed by atoms with Crippen LogP contribution in [-0.2, 0) is 7.05 Å². The fourth-order valence-corrected chi connectivity index (χ4v) is 2.40. The van der Waals surface area contributed by atoms with E-state index in [1.165, 1.54) is 11.3 Å². The highest BCUT2D eigenvalue weighted by molar-refractivity contribution is 7.98. The fourth-order valence-electron chi connectivity index (χ4n) is 1.71. The molecule has 1 rings (SSSR count). The molecule has 1 heterocycles. The first-order chi connectivity index (χ1) is 10.7. The molecule has 3 nitrogen and oxygen atoms in total. The first kappa shape index (κ1) is 22.0. The zero-order valence-electron chi connectivity index (χ0n) is 16.2. The van der Waals surface area contributed by atoms with Crippen LogP contribution in [0.4, 0.5) is 0 Å². The van der Waals surface area contributed by atoms with Crippen molar-refractivity contribution in [3.05, 3.63) is 42.0 Å². The lowest BCUT2D eigenvalue weighted by Crippen LogP contribution is -2.24. The van der Waals surface area contributed by atoms with E-state index >= 15 is 0 Å². The van der Waals surface area contributed by atoms with Crippen LogP contribution in [0.25, 0.3) is 0 Å². The number of allylic oxidation sites excluding steroid dienone is 2. The van der Waals surface area contributed by atoms with Crippen LogP contribution < -0.4 is 4.72 Å². The number of hydrogen-bond acceptors (Lipinski definition) is 3. The summed E-state index contributed by atoms with van der Waals surface area (Å²) in [7, 11) is 2.08. The number of hydrogen-bond donors (Lipinski definition) is 1. The molecule has 1 unspecified atom stereocenters. The van der Waals surface area contributed by atoms with E-state index in [0.29, 0.717) is 0 Å². The van der Waals surface area contributed by atoms with Gasteiger partial charge in [0.15, 0.2) is 0 Å². The average Bonchev–Trinajstić information content (AvgIpc) is 2.82. The highest BCUT2D eigenvalue weighted by Crippen LogP contribution is 2.28. The summed E-state index contributed by atoms with van der Waals surface area (Å²) in [5, 5.41) is 0. The summed E-state index contributed by atoms with van der Waals surface area (Å²) in [5.41, 5.74) is 2.58. The zero-order valence-corrected chi connectivity index (χ0v) is 17.0. The van der Waals surface area contributed by atoms with Crippen molar-refractivity contribution < 1.29 is 0 Å². The molecule has 0 aromatic carbocycles. The van der Waals surface area contributed by atoms with Gasteiger partial charge in [-0.05, 0) is 54.4 Å². The van der Waals surface area contributed by atoms with Gasteiger partial charge >= 0.3 is 0 Å². The Morgan fingerprint density at radius 2 is 2.04 bits per heavy atom. The van der Waals surface area contributed by atoms with Gasteiger partial charge in [0.2, 0.25) is 0 Å². The molecular weight excluding hydrogens is 302 g/mol. The lowest BCUT2D eigenvalue weighted by Gasteiger charge is -2.24. The lowest BCUT2D eigenvalue weighted by molar-refractivity contribution is 0.585. The van der Waals surface area contributed by atoms with Gasteiger partial charge in [0.1, 0.15) is 5.82 Å². The van der Waals surface area contributed by atoms with Crippen molar-refractivity contribution in [2.45, 2.75) is 72.1 Å². The van der Waals surface area contributed by atoms with Crippen LogP contribution in [0.5, 0.6) is 0 Å². The molecule has 0 aliphatic carbocycles. The van der Waals surface area contributed by atoms with Crippen molar-refractivity contribution in [1.29, 1.82) is 0 Å². The minimum Gasteiger partial charge on any atom is -0.334 e. The number of nitrogens with one attached hydrogen (secondary N) is 1. The number of rotatable bonds is 6. The molecule has 0 saturated heterocycles. The van der Waals surface area contributed by atoms with Crippen molar-refractivity contribution in [3.8, 4) is 0 Å². The van der Waals surface area contributed by atoms with Crippen LogP contribution in [0.1, 0.15) is 71.9 Å². The largest absolute Gasteiger partial charge is 0.334 e. The first-order valence-corrected chi connectivity index (χ1v) is 9.12. The molecule has 0 amide bonds. The van der Waals surface area contributed by atoms with Crippen LogP contribution in [0.3, 0.4) is 0 Å². The van der Waals surface area contributed by atoms with Crippen LogP contribution in [0, 0.1) is 6.92 Å². The Labute approximate surface area is 147 Å². The van der Waals surface area contributed by atoms with Crippen LogP contribution >= 0.6 is 11.9 Å². The van der Waals surface area contributed by atoms with Crippen molar-refractivity contribution in [1.82, 2.24) is 14.3 Å². The Hall–Kier alpha value is -1.00. The van der Waals surface area contributed by atoms with Gasteiger partial charge in [-0.25, -0.2) is 4.98 Å². The molecule has 23 heavy (non-hydrogen) atoms. The summed E-state index contributed by atoms with van der Waals surface area (Å²) in [4.78, 5) is 4.56. The molecule has 1 atom stereocenters. The molecular formula is C19H35N3S. The van der Waals surface area contributed by atoms with Gasteiger partial charge in [-0.1, -0.05) is 36.6 Å². The van der Waals surface area contributed by atoms with Crippen molar-refractivity contribution in [2.75, 3.05) is 0 Å². The summed E-state index contributed by atoms with van der Waals surface area (Å²) in [5.74, 6) is 1.11. The Balaban J connectivity index is 0.00000108. The third kappa shape index (κ3) is 9.01. The quantitative estimate of drug-likeness (QED) is 0.530. The SMILES string of the molecule is C/C=C(\C)CC(NSC(C)(C)C)c1ncc(C)n1C.C=CCC. The summed E-state index contributed by atoms with van der Waals surface area (Å²) in [6.07, 6.45) is 8.06. The second kappa shape index (κ2) is 10.7. The highest BCUT2D eigenvalue weighted by atomic mass is 32.2. The van der Waals surface area contributed by atoms with Gasteiger partial charge in [0, 0.05) is 23.7 Å². The predicted octanol–water partition coefficient (Wildman–Crippen LogP) is 5.74. The molecule has 0 saturated carbocycles. The third-order valence-corrected chi connectivity index (χ3v) is 4.40. The van der Waals surface area contributed by atoms with E-state index in [-0.39, 0.29) is 10.8 Å². The Bertz CT molecular complexity index is 495. The number of nitrogens with zero attached hydrogens (tertiary/aromatic N) is 2. The highest BCUT2D eigenvalue weighted by Gasteiger charge is 2.20. The number of aromatic nitrogens is 2. The van der Waals surface area contributed by atoms with E-state index in [1.807, 2.05) is 12.3 Å². The van der Waals surface area contributed by atoms with E-state index in [2.05, 4.69) is 82.4 Å². The molecule has 0 radical (unpaired) electrons. The molecule has 4 heteroatoms. The molecule has 0 fully saturated rings. The fraction of sp³-hybridized carbons (Fsp3) is 0.632. The first-order valence-electron chi connectivity index (χ1n) is 8.30. The Kier molecular flexibility index (Phi) is 10.2. The molecule has 0 aliphatic heterocycles. The van der Waals surface area contributed by atoms with Gasteiger partial charge < -0.3 is 4.57 Å². The van der Waals surface area contributed by atoms with Crippen molar-refractivity contribution in [3.63, 3.8) is 0 Å². The lowest BCUT2D eigenvalue weighted by atomic mass is 10.1. The Morgan fingerprint density at radius 1 is 1.48 bits per heavy atom. The topological polar surface area (TPSA) is 29.9 Å². The summed E-state index contributed by atoms with van der Waals surface area (Å²) in [6, 6.07) is 0.249. The summed E-state index contributed by atoms with van der Waals surface area (Å²) >= 11 is 1.78. The normalized spacial score (nSPS) is 13.3. The van der Waals surface area contributed by atoms with Crippen molar-refractivity contribution in [2.24, 2.45) is 7.05 Å². The van der Waals surface area contributed by atoms with Crippen molar-refractivity contribution >= 4 is 11.9 Å². The monoisotopic (exact) mass is 337 g/mol. The average molecular weight is 338 g/mol. The van der Waals surface area contributed by atoms with Crippen LogP contribution in [0.2, 0.25) is 0 Å². The minimum absolute atomic E-state index is 0.197. The second-order valence-electron chi connectivity index (χ2n) is 6.74. The number of imidazole rings is 1. The van der Waals surface area contributed by atoms with Gasteiger partial charge in [-0.3, -0.25) is 4.72 Å².